The molecule has 0 amide bonds. The molecular weight excluding hydrogens is 412 g/mol. The zero-order valence-corrected chi connectivity index (χ0v) is 15.4. The second-order valence-corrected chi connectivity index (χ2v) is 7.50. The van der Waals surface area contributed by atoms with E-state index in [4.69, 9.17) is 0 Å². The quantitative estimate of drug-likeness (QED) is 0.611. The van der Waals surface area contributed by atoms with Crippen LogP contribution >= 0.6 is 43.2 Å². The third-order valence-electron chi connectivity index (χ3n) is 3.50. The number of nitrogens with one attached hydrogen (secondary N) is 1. The number of likely N-dealkylation sites (N-methyl/N-ethyl adjacent to an activating group) is 1. The summed E-state index contributed by atoms with van der Waals surface area (Å²) in [6, 6.07) is 10.8. The van der Waals surface area contributed by atoms with Crippen LogP contribution in [0.15, 0.2) is 50.9 Å². The Morgan fingerprint density at radius 1 is 1.29 bits per heavy atom. The van der Waals surface area contributed by atoms with Gasteiger partial charge in [0.1, 0.15) is 0 Å². The second-order valence-electron chi connectivity index (χ2n) is 4.82. The molecule has 2 heterocycles. The van der Waals surface area contributed by atoms with E-state index in [2.05, 4.69) is 71.8 Å². The number of thiophene rings is 1. The molecule has 108 valence electrons. The van der Waals surface area contributed by atoms with Crippen molar-refractivity contribution < 1.29 is 0 Å². The van der Waals surface area contributed by atoms with Crippen molar-refractivity contribution in [2.45, 2.75) is 12.5 Å². The first-order valence-electron chi connectivity index (χ1n) is 6.62. The second kappa shape index (κ2) is 6.57. The summed E-state index contributed by atoms with van der Waals surface area (Å²) >= 11 is 8.86. The predicted molar refractivity (Wildman–Crippen MR) is 97.0 cm³/mol. The highest BCUT2D eigenvalue weighted by atomic mass is 79.9. The molecule has 3 rings (SSSR count). The minimum absolute atomic E-state index is 0.186. The van der Waals surface area contributed by atoms with Gasteiger partial charge in [-0.05, 0) is 73.8 Å². The molecule has 3 aromatic rings. The molecule has 0 bridgehead atoms. The topological polar surface area (TPSA) is 24.9 Å². The van der Waals surface area contributed by atoms with Crippen LogP contribution in [0.2, 0.25) is 0 Å². The lowest BCUT2D eigenvalue weighted by Gasteiger charge is -2.17. The lowest BCUT2D eigenvalue weighted by Crippen LogP contribution is -2.20. The van der Waals surface area contributed by atoms with E-state index in [-0.39, 0.29) is 6.04 Å². The number of hydrogen-bond acceptors (Lipinski definition) is 3. The summed E-state index contributed by atoms with van der Waals surface area (Å²) in [7, 11) is 1.98. The fourth-order valence-electron chi connectivity index (χ4n) is 2.43. The number of halogens is 2. The van der Waals surface area contributed by atoms with Crippen LogP contribution in [0.1, 0.15) is 17.3 Å². The van der Waals surface area contributed by atoms with Crippen LogP contribution in [0.4, 0.5) is 0 Å². The van der Waals surface area contributed by atoms with E-state index >= 15 is 0 Å². The minimum atomic E-state index is 0.186. The van der Waals surface area contributed by atoms with Gasteiger partial charge in [0.25, 0.3) is 0 Å². The van der Waals surface area contributed by atoms with Crippen LogP contribution in [0.3, 0.4) is 0 Å². The molecule has 5 heteroatoms. The molecule has 0 saturated heterocycles. The van der Waals surface area contributed by atoms with E-state index in [1.807, 2.05) is 19.3 Å². The molecule has 1 aromatic carbocycles. The zero-order valence-electron chi connectivity index (χ0n) is 11.4. The Morgan fingerprint density at radius 2 is 2.10 bits per heavy atom. The molecule has 0 radical (unpaired) electrons. The number of aromatic nitrogens is 1. The van der Waals surface area contributed by atoms with Gasteiger partial charge < -0.3 is 5.32 Å². The largest absolute Gasteiger partial charge is 0.311 e. The van der Waals surface area contributed by atoms with Crippen molar-refractivity contribution in [2.24, 2.45) is 0 Å². The fraction of sp³-hybridized carbons (Fsp3) is 0.188. The standard InChI is InChI=1S/C16H14Br2N2S/c1-19-14(16-13(18)7-11(17)8-20-16)6-10-9-21-15-5-3-2-4-12(10)15/h2-5,7-9,14,19H,6H2,1H3. The van der Waals surface area contributed by atoms with Gasteiger partial charge in [0, 0.05) is 19.8 Å². The monoisotopic (exact) mass is 424 g/mol. The number of pyridine rings is 1. The van der Waals surface area contributed by atoms with Gasteiger partial charge in [-0.25, -0.2) is 0 Å². The molecule has 0 saturated carbocycles. The third kappa shape index (κ3) is 3.21. The first-order valence-corrected chi connectivity index (χ1v) is 9.09. The molecule has 0 spiro atoms. The number of benzene rings is 1. The van der Waals surface area contributed by atoms with Crippen molar-refractivity contribution in [1.82, 2.24) is 10.3 Å². The van der Waals surface area contributed by atoms with Crippen molar-refractivity contribution in [3.63, 3.8) is 0 Å². The number of rotatable bonds is 4. The molecule has 21 heavy (non-hydrogen) atoms. The SMILES string of the molecule is CNC(Cc1csc2ccccc12)c1ncc(Br)cc1Br. The van der Waals surface area contributed by atoms with Gasteiger partial charge in [-0.15, -0.1) is 11.3 Å². The first kappa shape index (κ1) is 15.2. The van der Waals surface area contributed by atoms with Crippen LogP contribution in [-0.4, -0.2) is 12.0 Å². The van der Waals surface area contributed by atoms with E-state index in [1.165, 1.54) is 15.6 Å². The van der Waals surface area contributed by atoms with Crippen LogP contribution in [0.25, 0.3) is 10.1 Å². The normalized spacial score (nSPS) is 12.7. The lowest BCUT2D eigenvalue weighted by atomic mass is 10.0. The van der Waals surface area contributed by atoms with Gasteiger partial charge in [-0.3, -0.25) is 4.98 Å². The molecular formula is C16H14Br2N2S. The summed E-state index contributed by atoms with van der Waals surface area (Å²) in [5.74, 6) is 0. The van der Waals surface area contributed by atoms with Crippen LogP contribution < -0.4 is 5.32 Å². The minimum Gasteiger partial charge on any atom is -0.311 e. The van der Waals surface area contributed by atoms with Gasteiger partial charge >= 0.3 is 0 Å². The van der Waals surface area contributed by atoms with E-state index in [0.717, 1.165) is 21.1 Å². The van der Waals surface area contributed by atoms with Crippen LogP contribution in [-0.2, 0) is 6.42 Å². The smallest absolute Gasteiger partial charge is 0.0719 e. The molecule has 0 fully saturated rings. The van der Waals surface area contributed by atoms with E-state index in [0.29, 0.717) is 0 Å². The Hall–Kier alpha value is -0.750. The van der Waals surface area contributed by atoms with Gasteiger partial charge in [0.05, 0.1) is 11.7 Å². The average molecular weight is 426 g/mol. The highest BCUT2D eigenvalue weighted by molar-refractivity contribution is 9.11. The van der Waals surface area contributed by atoms with E-state index < -0.39 is 0 Å². The lowest BCUT2D eigenvalue weighted by molar-refractivity contribution is 0.575. The third-order valence-corrected chi connectivity index (χ3v) is 5.58. The van der Waals surface area contributed by atoms with Crippen molar-refractivity contribution in [1.29, 1.82) is 0 Å². The predicted octanol–water partition coefficient (Wildman–Crippen LogP) is 5.32. The molecule has 0 aliphatic carbocycles. The van der Waals surface area contributed by atoms with Crippen molar-refractivity contribution in [3.8, 4) is 0 Å². The zero-order chi connectivity index (χ0) is 14.8. The molecule has 1 unspecified atom stereocenters. The van der Waals surface area contributed by atoms with Gasteiger partial charge in [-0.1, -0.05) is 18.2 Å². The number of fused-ring (bicyclic) bond motifs is 1. The summed E-state index contributed by atoms with van der Waals surface area (Å²) in [5.41, 5.74) is 2.41. The fourth-order valence-corrected chi connectivity index (χ4v) is 4.67. The Morgan fingerprint density at radius 3 is 2.86 bits per heavy atom. The summed E-state index contributed by atoms with van der Waals surface area (Å²) in [6.07, 6.45) is 2.77. The maximum atomic E-state index is 4.56. The van der Waals surface area contributed by atoms with Gasteiger partial charge in [0.2, 0.25) is 0 Å². The Kier molecular flexibility index (Phi) is 4.74. The average Bonchev–Trinajstić information content (AvgIpc) is 2.89. The van der Waals surface area contributed by atoms with E-state index in [1.54, 1.807) is 11.3 Å². The van der Waals surface area contributed by atoms with Gasteiger partial charge in [0.15, 0.2) is 0 Å². The highest BCUT2D eigenvalue weighted by Crippen LogP contribution is 2.31. The summed E-state index contributed by atoms with van der Waals surface area (Å²) < 4.78 is 3.34. The Labute approximate surface area is 144 Å². The molecule has 1 N–H and O–H groups in total. The van der Waals surface area contributed by atoms with E-state index in [9.17, 15) is 0 Å². The molecule has 2 aromatic heterocycles. The molecule has 0 aliphatic rings. The number of hydrogen-bond donors (Lipinski definition) is 1. The molecule has 0 aliphatic heterocycles. The first-order chi connectivity index (χ1) is 10.2. The number of nitrogens with zero attached hydrogens (tertiary/aromatic N) is 1. The van der Waals surface area contributed by atoms with Crippen molar-refractivity contribution >= 4 is 53.3 Å². The van der Waals surface area contributed by atoms with Crippen molar-refractivity contribution in [2.75, 3.05) is 7.05 Å². The van der Waals surface area contributed by atoms with Crippen LogP contribution in [0, 0.1) is 0 Å². The molecule has 2 nitrogen and oxygen atoms in total. The van der Waals surface area contributed by atoms with Gasteiger partial charge in [-0.2, -0.15) is 0 Å². The van der Waals surface area contributed by atoms with Crippen molar-refractivity contribution in [3.05, 3.63) is 62.1 Å². The summed E-state index contributed by atoms with van der Waals surface area (Å²) in [5, 5.41) is 6.97. The molecule has 1 atom stereocenters. The van der Waals surface area contributed by atoms with Crippen LogP contribution in [0.5, 0.6) is 0 Å². The highest BCUT2D eigenvalue weighted by Gasteiger charge is 2.17. The Bertz CT molecular complexity index is 770. The Balaban J connectivity index is 1.94. The maximum Gasteiger partial charge on any atom is 0.0719 e. The summed E-state index contributed by atoms with van der Waals surface area (Å²) in [4.78, 5) is 4.56. The maximum absolute atomic E-state index is 4.56. The summed E-state index contributed by atoms with van der Waals surface area (Å²) in [6.45, 7) is 0.